The van der Waals surface area contributed by atoms with Gasteiger partial charge in [-0.1, -0.05) is 23.2 Å². The van der Waals surface area contributed by atoms with Crippen molar-refractivity contribution in [2.24, 2.45) is 0 Å². The number of nitriles is 1. The standard InChI is InChI=1S/C14H15Cl2N3O3/c15-10-2-3-12(11(16)8-10)22-9-14(21)19-7-1-6-18-13(20)4-5-17/h2-3,8H,1,4,6-7,9H2,(H,18,20)(H,19,21). The molecule has 6 nitrogen and oxygen atoms in total. The van der Waals surface area contributed by atoms with E-state index in [1.165, 1.54) is 6.07 Å². The number of nitrogens with one attached hydrogen (secondary N) is 2. The Balaban J connectivity index is 2.16. The van der Waals surface area contributed by atoms with Crippen molar-refractivity contribution in [2.45, 2.75) is 12.8 Å². The highest BCUT2D eigenvalue weighted by atomic mass is 35.5. The first kappa shape index (κ1) is 18.1. The van der Waals surface area contributed by atoms with Gasteiger partial charge in [-0.3, -0.25) is 9.59 Å². The van der Waals surface area contributed by atoms with E-state index in [0.29, 0.717) is 35.3 Å². The largest absolute Gasteiger partial charge is 0.482 e. The topological polar surface area (TPSA) is 91.2 Å². The van der Waals surface area contributed by atoms with Crippen molar-refractivity contribution in [3.05, 3.63) is 28.2 Å². The minimum absolute atomic E-state index is 0.165. The Bertz CT molecular complexity index is 573. The van der Waals surface area contributed by atoms with Crippen LogP contribution in [0.15, 0.2) is 18.2 Å². The summed E-state index contributed by atoms with van der Waals surface area (Å²) in [4.78, 5) is 22.6. The van der Waals surface area contributed by atoms with Gasteiger partial charge in [-0.05, 0) is 24.6 Å². The molecule has 1 aromatic carbocycles. The molecule has 0 aliphatic heterocycles. The summed E-state index contributed by atoms with van der Waals surface area (Å²) >= 11 is 11.7. The summed E-state index contributed by atoms with van der Waals surface area (Å²) in [6, 6.07) is 6.48. The van der Waals surface area contributed by atoms with Crippen LogP contribution in [0.1, 0.15) is 12.8 Å². The zero-order valence-electron chi connectivity index (χ0n) is 11.7. The number of amides is 2. The fourth-order valence-corrected chi connectivity index (χ4v) is 1.93. The molecule has 1 aromatic rings. The lowest BCUT2D eigenvalue weighted by molar-refractivity contribution is -0.123. The van der Waals surface area contributed by atoms with Gasteiger partial charge in [0.1, 0.15) is 12.2 Å². The zero-order chi connectivity index (χ0) is 16.4. The van der Waals surface area contributed by atoms with Gasteiger partial charge in [0.15, 0.2) is 6.61 Å². The van der Waals surface area contributed by atoms with Crippen LogP contribution in [-0.4, -0.2) is 31.5 Å². The van der Waals surface area contributed by atoms with E-state index in [9.17, 15) is 9.59 Å². The molecule has 0 bridgehead atoms. The van der Waals surface area contributed by atoms with Crippen LogP contribution >= 0.6 is 23.2 Å². The molecular weight excluding hydrogens is 329 g/mol. The number of ether oxygens (including phenoxy) is 1. The van der Waals surface area contributed by atoms with Gasteiger partial charge in [-0.2, -0.15) is 5.26 Å². The lowest BCUT2D eigenvalue weighted by Crippen LogP contribution is -2.32. The molecule has 2 N–H and O–H groups in total. The van der Waals surface area contributed by atoms with Crippen molar-refractivity contribution in [3.63, 3.8) is 0 Å². The third kappa shape index (κ3) is 7.16. The Labute approximate surface area is 138 Å². The van der Waals surface area contributed by atoms with Gasteiger partial charge in [0.25, 0.3) is 5.91 Å². The summed E-state index contributed by atoms with van der Waals surface area (Å²) < 4.78 is 5.27. The zero-order valence-corrected chi connectivity index (χ0v) is 13.2. The van der Waals surface area contributed by atoms with E-state index < -0.39 is 0 Å². The van der Waals surface area contributed by atoms with Crippen molar-refractivity contribution in [1.82, 2.24) is 10.6 Å². The molecular formula is C14H15Cl2N3O3. The highest BCUT2D eigenvalue weighted by molar-refractivity contribution is 6.35. The van der Waals surface area contributed by atoms with E-state index in [2.05, 4.69) is 10.6 Å². The van der Waals surface area contributed by atoms with Crippen molar-refractivity contribution in [3.8, 4) is 11.8 Å². The van der Waals surface area contributed by atoms with Gasteiger partial charge in [-0.15, -0.1) is 0 Å². The van der Waals surface area contributed by atoms with E-state index in [0.717, 1.165) is 0 Å². The maximum Gasteiger partial charge on any atom is 0.257 e. The van der Waals surface area contributed by atoms with Crippen LogP contribution in [0.25, 0.3) is 0 Å². The van der Waals surface area contributed by atoms with Crippen LogP contribution in [-0.2, 0) is 9.59 Å². The predicted molar refractivity (Wildman–Crippen MR) is 82.8 cm³/mol. The molecule has 0 spiro atoms. The van der Waals surface area contributed by atoms with Gasteiger partial charge in [0, 0.05) is 18.1 Å². The van der Waals surface area contributed by atoms with Crippen LogP contribution < -0.4 is 15.4 Å². The van der Waals surface area contributed by atoms with Crippen LogP contribution in [0, 0.1) is 11.3 Å². The Morgan fingerprint density at radius 1 is 1.18 bits per heavy atom. The monoisotopic (exact) mass is 343 g/mol. The molecule has 0 saturated carbocycles. The van der Waals surface area contributed by atoms with Gasteiger partial charge >= 0.3 is 0 Å². The summed E-state index contributed by atoms with van der Waals surface area (Å²) in [7, 11) is 0. The lowest BCUT2D eigenvalue weighted by atomic mass is 10.3. The number of carbonyl (C=O) groups is 2. The SMILES string of the molecule is N#CCC(=O)NCCCNC(=O)COc1ccc(Cl)cc1Cl. The summed E-state index contributed by atoms with van der Waals surface area (Å²) in [5, 5.41) is 14.3. The molecule has 0 atom stereocenters. The third-order valence-corrected chi connectivity index (χ3v) is 3.02. The van der Waals surface area contributed by atoms with Gasteiger partial charge in [0.05, 0.1) is 11.1 Å². The third-order valence-electron chi connectivity index (χ3n) is 2.49. The number of benzene rings is 1. The molecule has 0 aliphatic rings. The highest BCUT2D eigenvalue weighted by Crippen LogP contribution is 2.27. The lowest BCUT2D eigenvalue weighted by Gasteiger charge is -2.09. The quantitative estimate of drug-likeness (QED) is 0.705. The number of hydrogen-bond donors (Lipinski definition) is 2. The molecule has 0 radical (unpaired) electrons. The van der Waals surface area contributed by atoms with E-state index in [-0.39, 0.29) is 24.8 Å². The number of rotatable bonds is 8. The molecule has 0 saturated heterocycles. The van der Waals surface area contributed by atoms with Crippen LogP contribution in [0.5, 0.6) is 5.75 Å². The van der Waals surface area contributed by atoms with Gasteiger partial charge in [0.2, 0.25) is 5.91 Å². The first-order valence-electron chi connectivity index (χ1n) is 6.51. The van der Waals surface area contributed by atoms with Crippen LogP contribution in [0.3, 0.4) is 0 Å². The molecule has 1 rings (SSSR count). The van der Waals surface area contributed by atoms with E-state index >= 15 is 0 Å². The Morgan fingerprint density at radius 2 is 1.86 bits per heavy atom. The smallest absolute Gasteiger partial charge is 0.257 e. The van der Waals surface area contributed by atoms with Gasteiger partial charge < -0.3 is 15.4 Å². The van der Waals surface area contributed by atoms with Crippen LogP contribution in [0.4, 0.5) is 0 Å². The Hall–Kier alpha value is -1.97. The fourth-order valence-electron chi connectivity index (χ4n) is 1.46. The minimum atomic E-state index is -0.324. The first-order valence-corrected chi connectivity index (χ1v) is 7.26. The molecule has 22 heavy (non-hydrogen) atoms. The molecule has 118 valence electrons. The highest BCUT2D eigenvalue weighted by Gasteiger charge is 2.06. The maximum atomic E-state index is 11.6. The summed E-state index contributed by atoms with van der Waals surface area (Å²) in [5.74, 6) is -0.242. The molecule has 0 fully saturated rings. The summed E-state index contributed by atoms with van der Waals surface area (Å²) in [6.45, 7) is 0.621. The van der Waals surface area contributed by atoms with Crippen LogP contribution in [0.2, 0.25) is 10.0 Å². The van der Waals surface area contributed by atoms with Gasteiger partial charge in [-0.25, -0.2) is 0 Å². The number of nitrogens with zero attached hydrogens (tertiary/aromatic N) is 1. The summed E-state index contributed by atoms with van der Waals surface area (Å²) in [6.07, 6.45) is 0.395. The molecule has 0 aromatic heterocycles. The van der Waals surface area contributed by atoms with E-state index in [1.54, 1.807) is 18.2 Å². The second-order valence-electron chi connectivity index (χ2n) is 4.25. The number of carbonyl (C=O) groups excluding carboxylic acids is 2. The Kier molecular flexibility index (Phi) is 8.11. The maximum absolute atomic E-state index is 11.6. The Morgan fingerprint density at radius 3 is 2.50 bits per heavy atom. The minimum Gasteiger partial charge on any atom is -0.482 e. The second-order valence-corrected chi connectivity index (χ2v) is 5.10. The van der Waals surface area contributed by atoms with Crippen molar-refractivity contribution in [1.29, 1.82) is 5.26 Å². The average Bonchev–Trinajstić information content (AvgIpc) is 2.46. The molecule has 0 aliphatic carbocycles. The number of halogens is 2. The van der Waals surface area contributed by atoms with Crippen molar-refractivity contribution >= 4 is 35.0 Å². The van der Waals surface area contributed by atoms with E-state index in [4.69, 9.17) is 33.2 Å². The fraction of sp³-hybridized carbons (Fsp3) is 0.357. The second kappa shape index (κ2) is 9.87. The van der Waals surface area contributed by atoms with E-state index in [1.807, 2.05) is 0 Å². The molecule has 2 amide bonds. The molecule has 0 heterocycles. The molecule has 8 heteroatoms. The van der Waals surface area contributed by atoms with Crippen molar-refractivity contribution in [2.75, 3.05) is 19.7 Å². The normalized spacial score (nSPS) is 9.68. The van der Waals surface area contributed by atoms with Crippen molar-refractivity contribution < 1.29 is 14.3 Å². The molecule has 0 unspecified atom stereocenters. The predicted octanol–water partition coefficient (Wildman–Crippen LogP) is 1.91. The summed E-state index contributed by atoms with van der Waals surface area (Å²) in [5.41, 5.74) is 0. The number of hydrogen-bond acceptors (Lipinski definition) is 4. The average molecular weight is 344 g/mol. The first-order chi connectivity index (χ1) is 10.5.